The first-order chi connectivity index (χ1) is 6.81. The number of rotatable bonds is 4. The minimum Gasteiger partial charge on any atom is -0.453 e. The van der Waals surface area contributed by atoms with Gasteiger partial charge in [-0.1, -0.05) is 0 Å². The summed E-state index contributed by atoms with van der Waals surface area (Å²) in [7, 11) is 0. The van der Waals surface area contributed by atoms with Gasteiger partial charge in [-0.05, 0) is 13.8 Å². The molecule has 0 bridgehead atoms. The van der Waals surface area contributed by atoms with E-state index in [2.05, 4.69) is 4.74 Å². The van der Waals surface area contributed by atoms with E-state index in [1.165, 1.54) is 13.8 Å². The Morgan fingerprint density at radius 3 is 2.47 bits per heavy atom. The summed E-state index contributed by atoms with van der Waals surface area (Å²) < 4.78 is 9.55. The second-order valence-corrected chi connectivity index (χ2v) is 3.84. The van der Waals surface area contributed by atoms with Crippen LogP contribution in [-0.4, -0.2) is 46.6 Å². The normalized spacial score (nSPS) is 26.9. The zero-order chi connectivity index (χ0) is 11.6. The lowest BCUT2D eigenvalue weighted by molar-refractivity contribution is -0.181. The lowest BCUT2D eigenvalue weighted by Gasteiger charge is -2.19. The molecule has 1 saturated heterocycles. The van der Waals surface area contributed by atoms with Crippen molar-refractivity contribution < 1.29 is 29.3 Å². The topological polar surface area (TPSA) is 93.1 Å². The number of esters is 1. The molecular formula is C9H14O6. The van der Waals surface area contributed by atoms with Crippen molar-refractivity contribution in [2.75, 3.05) is 6.61 Å². The van der Waals surface area contributed by atoms with Crippen molar-refractivity contribution in [3.05, 3.63) is 0 Å². The van der Waals surface area contributed by atoms with Crippen LogP contribution in [0.4, 0.5) is 0 Å². The van der Waals surface area contributed by atoms with Gasteiger partial charge in [0.15, 0.2) is 11.9 Å². The van der Waals surface area contributed by atoms with Gasteiger partial charge in [-0.3, -0.25) is 4.79 Å². The van der Waals surface area contributed by atoms with Gasteiger partial charge < -0.3 is 19.7 Å². The van der Waals surface area contributed by atoms with Crippen LogP contribution in [0.2, 0.25) is 0 Å². The first-order valence-electron chi connectivity index (χ1n) is 4.60. The van der Waals surface area contributed by atoms with Crippen molar-refractivity contribution in [3.63, 3.8) is 0 Å². The van der Waals surface area contributed by atoms with Crippen LogP contribution in [0.25, 0.3) is 0 Å². The van der Waals surface area contributed by atoms with E-state index >= 15 is 0 Å². The average Bonchev–Trinajstić information content (AvgIpc) is 2.32. The summed E-state index contributed by atoms with van der Waals surface area (Å²) in [5.41, 5.74) is 0. The number of aliphatic hydroxyl groups excluding tert-OH is 1. The molecule has 6 heteroatoms. The largest absolute Gasteiger partial charge is 0.453 e. The Hall–Kier alpha value is -0.980. The lowest BCUT2D eigenvalue weighted by Crippen LogP contribution is -2.30. The van der Waals surface area contributed by atoms with Crippen LogP contribution in [0.5, 0.6) is 0 Å². The Labute approximate surface area is 86.8 Å². The number of Topliss-reactive ketones (excluding diaryl/α,β-unsaturated/α-hetero) is 1. The summed E-state index contributed by atoms with van der Waals surface area (Å²) in [5.74, 6) is -3.23. The predicted molar refractivity (Wildman–Crippen MR) is 47.8 cm³/mol. The highest BCUT2D eigenvalue weighted by atomic mass is 16.6. The molecule has 86 valence electrons. The van der Waals surface area contributed by atoms with E-state index in [4.69, 9.17) is 4.74 Å². The van der Waals surface area contributed by atoms with E-state index in [0.717, 1.165) is 0 Å². The number of cyclic esters (lactones) is 1. The number of carbonyl (C=O) groups is 2. The number of ether oxygens (including phenoxy) is 2. The second-order valence-electron chi connectivity index (χ2n) is 3.84. The summed E-state index contributed by atoms with van der Waals surface area (Å²) in [6, 6.07) is 0. The highest BCUT2D eigenvalue weighted by Gasteiger charge is 2.42. The maximum atomic E-state index is 10.9. The Morgan fingerprint density at radius 1 is 1.47 bits per heavy atom. The molecule has 2 atom stereocenters. The van der Waals surface area contributed by atoms with Crippen molar-refractivity contribution in [3.8, 4) is 0 Å². The van der Waals surface area contributed by atoms with Gasteiger partial charge >= 0.3 is 5.97 Å². The van der Waals surface area contributed by atoms with Crippen LogP contribution in [0, 0.1) is 0 Å². The molecule has 1 heterocycles. The first-order valence-corrected chi connectivity index (χ1v) is 4.60. The zero-order valence-electron chi connectivity index (χ0n) is 8.60. The number of hydrogen-bond acceptors (Lipinski definition) is 6. The fourth-order valence-corrected chi connectivity index (χ4v) is 1.19. The van der Waals surface area contributed by atoms with Crippen LogP contribution >= 0.6 is 0 Å². The maximum Gasteiger partial charge on any atom is 0.377 e. The third-order valence-corrected chi connectivity index (χ3v) is 1.94. The van der Waals surface area contributed by atoms with Crippen LogP contribution in [0.3, 0.4) is 0 Å². The number of ketones is 1. The summed E-state index contributed by atoms with van der Waals surface area (Å²) in [6.07, 6.45) is -2.11. The molecule has 1 aliphatic heterocycles. The molecular weight excluding hydrogens is 204 g/mol. The Balaban J connectivity index is 2.35. The lowest BCUT2D eigenvalue weighted by atomic mass is 10.1. The van der Waals surface area contributed by atoms with Crippen LogP contribution in [0.1, 0.15) is 20.3 Å². The molecule has 15 heavy (non-hydrogen) atoms. The van der Waals surface area contributed by atoms with Crippen LogP contribution in [-0.2, 0) is 19.1 Å². The number of hydrogen-bond donors (Lipinski definition) is 2. The SMILES string of the molecule is CC(C)(O)OCCC1OC(=O)C(=O)C1O. The average molecular weight is 218 g/mol. The standard InChI is InChI=1S/C9H14O6/c1-9(2,13)14-4-3-5-6(10)7(11)8(12)15-5/h5-6,10,13H,3-4H2,1-2H3. The molecule has 2 N–H and O–H groups in total. The number of carbonyl (C=O) groups excluding carboxylic acids is 2. The van der Waals surface area contributed by atoms with Crippen molar-refractivity contribution >= 4 is 11.8 Å². The fraction of sp³-hybridized carbons (Fsp3) is 0.778. The van der Waals surface area contributed by atoms with Gasteiger partial charge in [-0.15, -0.1) is 0 Å². The molecule has 0 aromatic rings. The van der Waals surface area contributed by atoms with E-state index in [1.54, 1.807) is 0 Å². The summed E-state index contributed by atoms with van der Waals surface area (Å²) >= 11 is 0. The Kier molecular flexibility index (Phi) is 3.43. The predicted octanol–water partition coefficient (Wildman–Crippen LogP) is -1.02. The zero-order valence-corrected chi connectivity index (χ0v) is 8.60. The van der Waals surface area contributed by atoms with Gasteiger partial charge in [-0.25, -0.2) is 4.79 Å². The molecule has 6 nitrogen and oxygen atoms in total. The van der Waals surface area contributed by atoms with Crippen molar-refractivity contribution in [2.45, 2.75) is 38.3 Å². The van der Waals surface area contributed by atoms with E-state index in [1.807, 2.05) is 0 Å². The monoisotopic (exact) mass is 218 g/mol. The van der Waals surface area contributed by atoms with E-state index in [-0.39, 0.29) is 13.0 Å². The van der Waals surface area contributed by atoms with Crippen molar-refractivity contribution in [2.24, 2.45) is 0 Å². The molecule has 1 fully saturated rings. The van der Waals surface area contributed by atoms with Crippen molar-refractivity contribution in [1.29, 1.82) is 0 Å². The molecule has 0 spiro atoms. The minimum atomic E-state index is -1.41. The van der Waals surface area contributed by atoms with Gasteiger partial charge in [0.25, 0.3) is 5.78 Å². The molecule has 0 saturated carbocycles. The van der Waals surface area contributed by atoms with E-state index in [0.29, 0.717) is 0 Å². The highest BCUT2D eigenvalue weighted by Crippen LogP contribution is 2.16. The van der Waals surface area contributed by atoms with Crippen molar-refractivity contribution in [1.82, 2.24) is 0 Å². The van der Waals surface area contributed by atoms with Gasteiger partial charge in [-0.2, -0.15) is 0 Å². The van der Waals surface area contributed by atoms with Crippen LogP contribution in [0.15, 0.2) is 0 Å². The van der Waals surface area contributed by atoms with Gasteiger partial charge in [0.2, 0.25) is 0 Å². The van der Waals surface area contributed by atoms with Gasteiger partial charge in [0, 0.05) is 6.42 Å². The maximum absolute atomic E-state index is 10.9. The quantitative estimate of drug-likeness (QED) is 0.356. The molecule has 2 unspecified atom stereocenters. The fourth-order valence-electron chi connectivity index (χ4n) is 1.19. The molecule has 0 amide bonds. The van der Waals surface area contributed by atoms with E-state index < -0.39 is 29.7 Å². The molecule has 1 rings (SSSR count). The van der Waals surface area contributed by atoms with Crippen LogP contribution < -0.4 is 0 Å². The molecule has 1 aliphatic rings. The first kappa shape index (κ1) is 12.1. The summed E-state index contributed by atoms with van der Waals surface area (Å²) in [5, 5.41) is 18.4. The Morgan fingerprint density at radius 2 is 2.07 bits per heavy atom. The smallest absolute Gasteiger partial charge is 0.377 e. The minimum absolute atomic E-state index is 0.0891. The number of aliphatic hydroxyl groups is 2. The third-order valence-electron chi connectivity index (χ3n) is 1.94. The summed E-state index contributed by atoms with van der Waals surface area (Å²) in [6.45, 7) is 3.00. The highest BCUT2D eigenvalue weighted by molar-refractivity contribution is 6.37. The Bertz CT molecular complexity index is 266. The molecule has 0 radical (unpaired) electrons. The third kappa shape index (κ3) is 3.26. The second kappa shape index (κ2) is 4.26. The van der Waals surface area contributed by atoms with Gasteiger partial charge in [0.05, 0.1) is 6.61 Å². The summed E-state index contributed by atoms with van der Waals surface area (Å²) in [4.78, 5) is 21.6. The molecule has 0 aliphatic carbocycles. The molecule has 0 aromatic carbocycles. The van der Waals surface area contributed by atoms with E-state index in [9.17, 15) is 19.8 Å². The molecule has 0 aromatic heterocycles. The van der Waals surface area contributed by atoms with Gasteiger partial charge in [0.1, 0.15) is 6.10 Å².